The number of halogens is 1. The van der Waals surface area contributed by atoms with E-state index in [9.17, 15) is 0 Å². The summed E-state index contributed by atoms with van der Waals surface area (Å²) < 4.78 is 6.89. The summed E-state index contributed by atoms with van der Waals surface area (Å²) in [5, 5.41) is 0. The number of oxazole rings is 1. The summed E-state index contributed by atoms with van der Waals surface area (Å²) >= 11 is 3.57. The van der Waals surface area contributed by atoms with Crippen LogP contribution in [0.4, 0.5) is 0 Å². The quantitative estimate of drug-likeness (QED) is 0.625. The molecule has 0 unspecified atom stereocenters. The zero-order chi connectivity index (χ0) is 14.3. The Kier molecular flexibility index (Phi) is 3.38. The lowest BCUT2D eigenvalue weighted by Gasteiger charge is -2.01. The Bertz CT molecular complexity index is 789. The first-order chi connectivity index (χ1) is 9.58. The van der Waals surface area contributed by atoms with Gasteiger partial charge in [0.15, 0.2) is 5.58 Å². The standard InChI is InChI=1S/C17H16BrNO/c1-4-12-8-14(18)16-15(9-12)19-17(20-16)13-6-5-10(2)11(3)7-13/h5-9H,4H2,1-3H3. The Morgan fingerprint density at radius 2 is 1.90 bits per heavy atom. The van der Waals surface area contributed by atoms with Crippen molar-refractivity contribution >= 4 is 27.0 Å². The average molecular weight is 330 g/mol. The summed E-state index contributed by atoms with van der Waals surface area (Å²) in [7, 11) is 0. The van der Waals surface area contributed by atoms with Gasteiger partial charge in [-0.15, -0.1) is 0 Å². The van der Waals surface area contributed by atoms with E-state index in [0.29, 0.717) is 5.89 Å². The second-order valence-electron chi connectivity index (χ2n) is 5.10. The fourth-order valence-corrected chi connectivity index (χ4v) is 2.83. The minimum Gasteiger partial charge on any atom is -0.435 e. The lowest BCUT2D eigenvalue weighted by Crippen LogP contribution is -1.83. The van der Waals surface area contributed by atoms with E-state index in [-0.39, 0.29) is 0 Å². The molecule has 102 valence electrons. The lowest BCUT2D eigenvalue weighted by molar-refractivity contribution is 0.618. The number of hydrogen-bond donors (Lipinski definition) is 0. The number of hydrogen-bond acceptors (Lipinski definition) is 2. The van der Waals surface area contributed by atoms with E-state index >= 15 is 0 Å². The summed E-state index contributed by atoms with van der Waals surface area (Å²) in [6, 6.07) is 10.5. The highest BCUT2D eigenvalue weighted by atomic mass is 79.9. The van der Waals surface area contributed by atoms with Gasteiger partial charge in [0.05, 0.1) is 4.47 Å². The third kappa shape index (κ3) is 2.27. The molecule has 20 heavy (non-hydrogen) atoms. The molecule has 0 aliphatic heterocycles. The van der Waals surface area contributed by atoms with Gasteiger partial charge in [-0.1, -0.05) is 13.0 Å². The van der Waals surface area contributed by atoms with Gasteiger partial charge >= 0.3 is 0 Å². The van der Waals surface area contributed by atoms with Crippen LogP contribution >= 0.6 is 15.9 Å². The average Bonchev–Trinajstić information content (AvgIpc) is 2.86. The lowest BCUT2D eigenvalue weighted by atomic mass is 10.1. The van der Waals surface area contributed by atoms with Crippen molar-refractivity contribution in [2.75, 3.05) is 0 Å². The van der Waals surface area contributed by atoms with Gasteiger partial charge < -0.3 is 4.42 Å². The molecule has 0 radical (unpaired) electrons. The summed E-state index contributed by atoms with van der Waals surface area (Å²) in [6.07, 6.45) is 0.986. The third-order valence-electron chi connectivity index (χ3n) is 3.67. The van der Waals surface area contributed by atoms with Crippen molar-refractivity contribution in [2.45, 2.75) is 27.2 Å². The van der Waals surface area contributed by atoms with E-state index in [0.717, 1.165) is 27.6 Å². The van der Waals surface area contributed by atoms with Crippen molar-refractivity contribution < 1.29 is 4.42 Å². The van der Waals surface area contributed by atoms with Crippen LogP contribution in [0.25, 0.3) is 22.6 Å². The largest absolute Gasteiger partial charge is 0.435 e. The van der Waals surface area contributed by atoms with Gasteiger partial charge in [0.25, 0.3) is 0 Å². The first-order valence-corrected chi connectivity index (χ1v) is 7.54. The number of nitrogens with zero attached hydrogens (tertiary/aromatic N) is 1. The molecule has 2 nitrogen and oxygen atoms in total. The molecule has 0 N–H and O–H groups in total. The Balaban J connectivity index is 2.17. The maximum absolute atomic E-state index is 5.92. The molecule has 1 aromatic heterocycles. The molecule has 3 aromatic rings. The molecule has 3 rings (SSSR count). The molecule has 0 bridgehead atoms. The van der Waals surface area contributed by atoms with Crippen LogP contribution in [0.15, 0.2) is 39.2 Å². The van der Waals surface area contributed by atoms with Gasteiger partial charge in [-0.2, -0.15) is 0 Å². The number of fused-ring (bicyclic) bond motifs is 1. The second kappa shape index (κ2) is 5.06. The highest BCUT2D eigenvalue weighted by molar-refractivity contribution is 9.10. The van der Waals surface area contributed by atoms with E-state index in [4.69, 9.17) is 4.42 Å². The van der Waals surface area contributed by atoms with Crippen molar-refractivity contribution in [2.24, 2.45) is 0 Å². The first-order valence-electron chi connectivity index (χ1n) is 6.75. The number of rotatable bonds is 2. The van der Waals surface area contributed by atoms with Crippen LogP contribution in [-0.4, -0.2) is 4.98 Å². The molecule has 0 saturated heterocycles. The number of benzene rings is 2. The van der Waals surface area contributed by atoms with Crippen molar-refractivity contribution in [3.63, 3.8) is 0 Å². The predicted molar refractivity (Wildman–Crippen MR) is 86.0 cm³/mol. The van der Waals surface area contributed by atoms with Gasteiger partial charge in [0.2, 0.25) is 5.89 Å². The zero-order valence-corrected chi connectivity index (χ0v) is 13.4. The molecular weight excluding hydrogens is 314 g/mol. The van der Waals surface area contributed by atoms with E-state index in [1.54, 1.807) is 0 Å². The van der Waals surface area contributed by atoms with Crippen LogP contribution in [-0.2, 0) is 6.42 Å². The SMILES string of the molecule is CCc1cc(Br)c2oc(-c3ccc(C)c(C)c3)nc2c1. The van der Waals surface area contributed by atoms with Gasteiger partial charge in [-0.05, 0) is 77.2 Å². The van der Waals surface area contributed by atoms with E-state index in [1.807, 2.05) is 0 Å². The Morgan fingerprint density at radius 3 is 2.60 bits per heavy atom. The molecule has 2 aromatic carbocycles. The number of aryl methyl sites for hydroxylation is 3. The molecule has 0 aliphatic rings. The monoisotopic (exact) mass is 329 g/mol. The molecule has 0 spiro atoms. The van der Waals surface area contributed by atoms with E-state index < -0.39 is 0 Å². The second-order valence-corrected chi connectivity index (χ2v) is 5.95. The summed E-state index contributed by atoms with van der Waals surface area (Å²) in [6.45, 7) is 6.35. The minimum atomic E-state index is 0.678. The van der Waals surface area contributed by atoms with Crippen molar-refractivity contribution in [1.29, 1.82) is 0 Å². The summed E-state index contributed by atoms with van der Waals surface area (Å²) in [4.78, 5) is 4.63. The molecular formula is C17H16BrNO. The van der Waals surface area contributed by atoms with Gasteiger partial charge in [0.1, 0.15) is 5.52 Å². The fourth-order valence-electron chi connectivity index (χ4n) is 2.25. The van der Waals surface area contributed by atoms with Crippen LogP contribution in [0.3, 0.4) is 0 Å². The highest BCUT2D eigenvalue weighted by Crippen LogP contribution is 2.31. The third-order valence-corrected chi connectivity index (χ3v) is 4.26. The van der Waals surface area contributed by atoms with Crippen molar-refractivity contribution in [1.82, 2.24) is 4.98 Å². The molecule has 0 atom stereocenters. The maximum atomic E-state index is 5.92. The highest BCUT2D eigenvalue weighted by Gasteiger charge is 2.12. The molecule has 0 saturated carbocycles. The van der Waals surface area contributed by atoms with Gasteiger partial charge in [-0.3, -0.25) is 0 Å². The normalized spacial score (nSPS) is 11.2. The van der Waals surface area contributed by atoms with Crippen LogP contribution in [0.1, 0.15) is 23.6 Å². The number of aromatic nitrogens is 1. The first kappa shape index (κ1) is 13.4. The molecule has 1 heterocycles. The zero-order valence-electron chi connectivity index (χ0n) is 11.8. The van der Waals surface area contributed by atoms with E-state index in [1.165, 1.54) is 16.7 Å². The Labute approximate surface area is 127 Å². The predicted octanol–water partition coefficient (Wildman–Crippen LogP) is 5.44. The smallest absolute Gasteiger partial charge is 0.227 e. The Morgan fingerprint density at radius 1 is 1.10 bits per heavy atom. The summed E-state index contributed by atoms with van der Waals surface area (Å²) in [5.74, 6) is 0.678. The fraction of sp³-hybridized carbons (Fsp3) is 0.235. The Hall–Kier alpha value is -1.61. The molecule has 0 aliphatic carbocycles. The molecule has 0 fully saturated rings. The van der Waals surface area contributed by atoms with E-state index in [2.05, 4.69) is 72.0 Å². The van der Waals surface area contributed by atoms with Crippen LogP contribution in [0, 0.1) is 13.8 Å². The summed E-state index contributed by atoms with van der Waals surface area (Å²) in [5.41, 5.74) is 6.52. The topological polar surface area (TPSA) is 26.0 Å². The van der Waals surface area contributed by atoms with Gasteiger partial charge in [0, 0.05) is 5.56 Å². The molecule has 0 amide bonds. The van der Waals surface area contributed by atoms with Crippen LogP contribution in [0.2, 0.25) is 0 Å². The van der Waals surface area contributed by atoms with Crippen LogP contribution < -0.4 is 0 Å². The van der Waals surface area contributed by atoms with Crippen molar-refractivity contribution in [3.8, 4) is 11.5 Å². The maximum Gasteiger partial charge on any atom is 0.227 e. The van der Waals surface area contributed by atoms with Crippen LogP contribution in [0.5, 0.6) is 0 Å². The van der Waals surface area contributed by atoms with Gasteiger partial charge in [-0.25, -0.2) is 4.98 Å². The minimum absolute atomic E-state index is 0.678. The molecule has 3 heteroatoms. The van der Waals surface area contributed by atoms with Crippen molar-refractivity contribution in [3.05, 3.63) is 51.5 Å².